The first kappa shape index (κ1) is 17.5. The minimum absolute atomic E-state index is 0.164. The SMILES string of the molecule is CCc1cc(N2CCC(N3CCNC(=O)C3)CC2)nc(N2CCCC2)n1. The summed E-state index contributed by atoms with van der Waals surface area (Å²) in [6.45, 7) is 8.62. The third-order valence-electron chi connectivity index (χ3n) is 5.88. The van der Waals surface area contributed by atoms with Crippen LogP contribution in [0, 0.1) is 0 Å². The number of hydrogen-bond donors (Lipinski definition) is 1. The molecule has 3 aliphatic heterocycles. The first-order valence-corrected chi connectivity index (χ1v) is 10.1. The summed E-state index contributed by atoms with van der Waals surface area (Å²) in [5.41, 5.74) is 1.13. The van der Waals surface area contributed by atoms with Gasteiger partial charge in [-0.1, -0.05) is 6.92 Å². The summed E-state index contributed by atoms with van der Waals surface area (Å²) in [7, 11) is 0. The molecule has 7 heteroatoms. The molecule has 3 saturated heterocycles. The smallest absolute Gasteiger partial charge is 0.234 e. The van der Waals surface area contributed by atoms with Gasteiger partial charge in [-0.15, -0.1) is 0 Å². The third kappa shape index (κ3) is 3.77. The van der Waals surface area contributed by atoms with E-state index in [4.69, 9.17) is 9.97 Å². The monoisotopic (exact) mass is 358 g/mol. The Morgan fingerprint density at radius 1 is 1.08 bits per heavy atom. The van der Waals surface area contributed by atoms with Gasteiger partial charge in [0.2, 0.25) is 11.9 Å². The average Bonchev–Trinajstić information content (AvgIpc) is 3.23. The van der Waals surface area contributed by atoms with E-state index < -0.39 is 0 Å². The van der Waals surface area contributed by atoms with E-state index in [0.717, 1.165) is 76.0 Å². The molecule has 0 aliphatic carbocycles. The lowest BCUT2D eigenvalue weighted by Crippen LogP contribution is -2.54. The van der Waals surface area contributed by atoms with Gasteiger partial charge in [-0.25, -0.2) is 4.98 Å². The highest BCUT2D eigenvalue weighted by atomic mass is 16.2. The molecule has 0 unspecified atom stereocenters. The van der Waals surface area contributed by atoms with Gasteiger partial charge in [0.15, 0.2) is 0 Å². The first-order chi connectivity index (χ1) is 12.7. The van der Waals surface area contributed by atoms with Crippen LogP contribution >= 0.6 is 0 Å². The minimum atomic E-state index is 0.164. The predicted molar refractivity (Wildman–Crippen MR) is 103 cm³/mol. The fraction of sp³-hybridized carbons (Fsp3) is 0.737. The van der Waals surface area contributed by atoms with Crippen molar-refractivity contribution in [3.63, 3.8) is 0 Å². The maximum absolute atomic E-state index is 11.7. The number of piperazine rings is 1. The third-order valence-corrected chi connectivity index (χ3v) is 5.88. The van der Waals surface area contributed by atoms with Crippen LogP contribution < -0.4 is 15.1 Å². The van der Waals surface area contributed by atoms with Crippen molar-refractivity contribution < 1.29 is 4.79 Å². The van der Waals surface area contributed by atoms with Crippen LogP contribution in [0.15, 0.2) is 6.07 Å². The molecule has 26 heavy (non-hydrogen) atoms. The molecule has 7 nitrogen and oxygen atoms in total. The van der Waals surface area contributed by atoms with E-state index in [0.29, 0.717) is 12.6 Å². The zero-order valence-electron chi connectivity index (χ0n) is 15.8. The Morgan fingerprint density at radius 3 is 2.54 bits per heavy atom. The summed E-state index contributed by atoms with van der Waals surface area (Å²) in [4.78, 5) is 28.4. The zero-order chi connectivity index (χ0) is 17.9. The molecule has 0 atom stereocenters. The molecule has 3 fully saturated rings. The van der Waals surface area contributed by atoms with Gasteiger partial charge in [0.1, 0.15) is 5.82 Å². The quantitative estimate of drug-likeness (QED) is 0.868. The van der Waals surface area contributed by atoms with Crippen molar-refractivity contribution in [3.05, 3.63) is 11.8 Å². The summed E-state index contributed by atoms with van der Waals surface area (Å²) in [6.07, 6.45) is 5.61. The molecule has 0 radical (unpaired) electrons. The number of nitrogens with one attached hydrogen (secondary N) is 1. The summed E-state index contributed by atoms with van der Waals surface area (Å²) < 4.78 is 0. The highest BCUT2D eigenvalue weighted by Gasteiger charge is 2.29. The normalized spacial score (nSPS) is 22.7. The maximum Gasteiger partial charge on any atom is 0.234 e. The van der Waals surface area contributed by atoms with E-state index in [2.05, 4.69) is 33.0 Å². The molecule has 1 amide bonds. The number of piperidine rings is 1. The van der Waals surface area contributed by atoms with Crippen molar-refractivity contribution in [2.24, 2.45) is 0 Å². The maximum atomic E-state index is 11.7. The van der Waals surface area contributed by atoms with Crippen LogP contribution in [0.1, 0.15) is 38.3 Å². The highest BCUT2D eigenvalue weighted by molar-refractivity contribution is 5.78. The topological polar surface area (TPSA) is 64.6 Å². The Morgan fingerprint density at radius 2 is 1.85 bits per heavy atom. The molecule has 0 bridgehead atoms. The number of rotatable bonds is 4. The lowest BCUT2D eigenvalue weighted by molar-refractivity contribution is -0.125. The van der Waals surface area contributed by atoms with Gasteiger partial charge in [-0.05, 0) is 32.1 Å². The van der Waals surface area contributed by atoms with Gasteiger partial charge in [0.25, 0.3) is 0 Å². The highest BCUT2D eigenvalue weighted by Crippen LogP contribution is 2.25. The summed E-state index contributed by atoms with van der Waals surface area (Å²) in [5.74, 6) is 2.15. The number of hydrogen-bond acceptors (Lipinski definition) is 6. The van der Waals surface area contributed by atoms with Gasteiger partial charge in [-0.2, -0.15) is 4.98 Å². The van der Waals surface area contributed by atoms with Gasteiger partial charge in [0, 0.05) is 57.1 Å². The van der Waals surface area contributed by atoms with Gasteiger partial charge >= 0.3 is 0 Å². The van der Waals surface area contributed by atoms with Crippen LogP contribution in [-0.4, -0.2) is 72.6 Å². The van der Waals surface area contributed by atoms with Crippen molar-refractivity contribution in [1.29, 1.82) is 0 Å². The van der Waals surface area contributed by atoms with Crippen molar-refractivity contribution >= 4 is 17.7 Å². The number of amides is 1. The van der Waals surface area contributed by atoms with Crippen molar-refractivity contribution in [3.8, 4) is 0 Å². The Hall–Kier alpha value is -1.89. The average molecular weight is 358 g/mol. The summed E-state index contributed by atoms with van der Waals surface area (Å²) in [5, 5.41) is 2.92. The van der Waals surface area contributed by atoms with E-state index in [1.165, 1.54) is 12.8 Å². The molecule has 3 aliphatic rings. The molecule has 1 aromatic rings. The second kappa shape index (κ2) is 7.78. The first-order valence-electron chi connectivity index (χ1n) is 10.1. The summed E-state index contributed by atoms with van der Waals surface area (Å²) in [6, 6.07) is 2.68. The fourth-order valence-corrected chi connectivity index (χ4v) is 4.30. The zero-order valence-corrected chi connectivity index (χ0v) is 15.8. The van der Waals surface area contributed by atoms with Crippen LogP contribution in [0.25, 0.3) is 0 Å². The van der Waals surface area contributed by atoms with Crippen LogP contribution in [-0.2, 0) is 11.2 Å². The number of aromatic nitrogens is 2. The van der Waals surface area contributed by atoms with Crippen molar-refractivity contribution in [2.45, 2.75) is 45.1 Å². The molecular formula is C19H30N6O. The second-order valence-electron chi connectivity index (χ2n) is 7.60. The largest absolute Gasteiger partial charge is 0.356 e. The summed E-state index contributed by atoms with van der Waals surface area (Å²) >= 11 is 0. The molecule has 4 rings (SSSR count). The number of aryl methyl sites for hydroxylation is 1. The second-order valence-corrected chi connectivity index (χ2v) is 7.60. The fourth-order valence-electron chi connectivity index (χ4n) is 4.30. The molecule has 1 N–H and O–H groups in total. The minimum Gasteiger partial charge on any atom is -0.356 e. The van der Waals surface area contributed by atoms with Crippen LogP contribution in [0.4, 0.5) is 11.8 Å². The van der Waals surface area contributed by atoms with E-state index in [-0.39, 0.29) is 5.91 Å². The number of anilines is 2. The van der Waals surface area contributed by atoms with Gasteiger partial charge < -0.3 is 15.1 Å². The number of carbonyl (C=O) groups is 1. The van der Waals surface area contributed by atoms with Gasteiger partial charge in [0.05, 0.1) is 6.54 Å². The molecule has 0 saturated carbocycles. The lowest BCUT2D eigenvalue weighted by atomic mass is 10.0. The van der Waals surface area contributed by atoms with E-state index in [1.54, 1.807) is 0 Å². The Labute approximate surface area is 155 Å². The molecule has 0 spiro atoms. The van der Waals surface area contributed by atoms with Crippen LogP contribution in [0.2, 0.25) is 0 Å². The van der Waals surface area contributed by atoms with Gasteiger partial charge in [-0.3, -0.25) is 9.69 Å². The predicted octanol–water partition coefficient (Wildman–Crippen LogP) is 1.04. The molecule has 1 aromatic heterocycles. The number of carbonyl (C=O) groups excluding carboxylic acids is 1. The van der Waals surface area contributed by atoms with E-state index in [1.807, 2.05) is 0 Å². The molecule has 0 aromatic carbocycles. The Kier molecular flexibility index (Phi) is 5.24. The molecule has 142 valence electrons. The standard InChI is InChI=1S/C19H30N6O/c1-2-15-13-17(22-19(21-15)24-8-3-4-9-24)23-10-5-16(6-11-23)25-12-7-20-18(26)14-25/h13,16H,2-12,14H2,1H3,(H,20,26). The lowest BCUT2D eigenvalue weighted by Gasteiger charge is -2.40. The number of nitrogens with zero attached hydrogens (tertiary/aromatic N) is 5. The Bertz CT molecular complexity index is 637. The van der Waals surface area contributed by atoms with E-state index >= 15 is 0 Å². The van der Waals surface area contributed by atoms with Crippen molar-refractivity contribution in [1.82, 2.24) is 20.2 Å². The van der Waals surface area contributed by atoms with Crippen molar-refractivity contribution in [2.75, 3.05) is 55.6 Å². The Balaban J connectivity index is 1.43. The molecule has 4 heterocycles. The van der Waals surface area contributed by atoms with Crippen LogP contribution in [0.5, 0.6) is 0 Å². The van der Waals surface area contributed by atoms with E-state index in [9.17, 15) is 4.79 Å². The molecular weight excluding hydrogens is 328 g/mol. The van der Waals surface area contributed by atoms with Crippen LogP contribution in [0.3, 0.4) is 0 Å².